The van der Waals surface area contributed by atoms with Crippen LogP contribution in [0.15, 0.2) is 36.4 Å². The number of nitrogens with zero attached hydrogens (tertiary/aromatic N) is 1. The number of aliphatic hydroxyl groups is 1. The monoisotopic (exact) mass is 435 g/mol. The van der Waals surface area contributed by atoms with Crippen LogP contribution in [-0.4, -0.2) is 47.8 Å². The summed E-state index contributed by atoms with van der Waals surface area (Å²) >= 11 is 6.19. The second-order valence-electron chi connectivity index (χ2n) is 7.86. The number of amides is 1. The number of hydrogen-bond donors (Lipinski definition) is 1. The summed E-state index contributed by atoms with van der Waals surface area (Å²) in [5.74, 6) is 0.388. The molecule has 0 aromatic heterocycles. The van der Waals surface area contributed by atoms with E-state index in [0.717, 1.165) is 11.1 Å². The van der Waals surface area contributed by atoms with Crippen LogP contribution in [0, 0.1) is 19.7 Å². The quantitative estimate of drug-likeness (QED) is 0.735. The molecule has 1 aliphatic heterocycles. The van der Waals surface area contributed by atoms with Crippen molar-refractivity contribution >= 4 is 17.5 Å². The van der Waals surface area contributed by atoms with Gasteiger partial charge in [-0.15, -0.1) is 0 Å². The molecule has 30 heavy (non-hydrogen) atoms. The summed E-state index contributed by atoms with van der Waals surface area (Å²) in [5.41, 5.74) is 0.837. The highest BCUT2D eigenvalue weighted by molar-refractivity contribution is 6.32. The van der Waals surface area contributed by atoms with Gasteiger partial charge in [-0.3, -0.25) is 4.79 Å². The van der Waals surface area contributed by atoms with Crippen molar-refractivity contribution in [2.45, 2.75) is 38.7 Å². The van der Waals surface area contributed by atoms with Crippen LogP contribution in [0.5, 0.6) is 11.5 Å². The van der Waals surface area contributed by atoms with Crippen molar-refractivity contribution in [2.75, 3.05) is 26.3 Å². The normalized spacial score (nSPS) is 19.3. The number of aryl methyl sites for hydroxylation is 2. The fraction of sp³-hybridized carbons (Fsp3) is 0.435. The molecule has 2 aromatic carbocycles. The average molecular weight is 436 g/mol. The predicted octanol–water partition coefficient (Wildman–Crippen LogP) is 4.30. The van der Waals surface area contributed by atoms with E-state index in [1.165, 1.54) is 18.2 Å². The molecule has 162 valence electrons. The first-order valence-corrected chi connectivity index (χ1v) is 10.4. The molecule has 5 nitrogen and oxygen atoms in total. The lowest BCUT2D eigenvalue weighted by Gasteiger charge is -2.27. The molecule has 3 rings (SSSR count). The maximum absolute atomic E-state index is 13.2. The van der Waals surface area contributed by atoms with Gasteiger partial charge in [0.05, 0.1) is 0 Å². The summed E-state index contributed by atoms with van der Waals surface area (Å²) in [6.07, 6.45) is 1.60. The van der Waals surface area contributed by atoms with E-state index in [9.17, 15) is 14.3 Å². The number of hydrogen-bond acceptors (Lipinski definition) is 4. The molecule has 1 amide bonds. The summed E-state index contributed by atoms with van der Waals surface area (Å²) in [6.45, 7) is 4.75. The zero-order chi connectivity index (χ0) is 21.7. The van der Waals surface area contributed by atoms with E-state index in [1.807, 2.05) is 26.0 Å². The maximum atomic E-state index is 13.2. The van der Waals surface area contributed by atoms with Crippen LogP contribution < -0.4 is 9.47 Å². The smallest absolute Gasteiger partial charge is 0.260 e. The van der Waals surface area contributed by atoms with Crippen molar-refractivity contribution in [1.82, 2.24) is 4.90 Å². The summed E-state index contributed by atoms with van der Waals surface area (Å²) in [4.78, 5) is 14.2. The summed E-state index contributed by atoms with van der Waals surface area (Å²) in [6, 6.07) is 9.41. The highest BCUT2D eigenvalue weighted by Gasteiger charge is 2.32. The molecule has 1 unspecified atom stereocenters. The van der Waals surface area contributed by atoms with Gasteiger partial charge in [-0.2, -0.15) is 0 Å². The van der Waals surface area contributed by atoms with Crippen LogP contribution >= 0.6 is 11.6 Å². The highest BCUT2D eigenvalue weighted by Crippen LogP contribution is 2.28. The third-order valence-corrected chi connectivity index (χ3v) is 5.94. The lowest BCUT2D eigenvalue weighted by atomic mass is 9.96. The van der Waals surface area contributed by atoms with E-state index in [1.54, 1.807) is 11.0 Å². The third-order valence-electron chi connectivity index (χ3n) is 5.35. The zero-order valence-electron chi connectivity index (χ0n) is 17.3. The fourth-order valence-corrected chi connectivity index (χ4v) is 3.68. The van der Waals surface area contributed by atoms with E-state index in [2.05, 4.69) is 0 Å². The van der Waals surface area contributed by atoms with Gasteiger partial charge in [0.15, 0.2) is 6.61 Å². The number of carbonyl (C=O) groups is 1. The molecular formula is C23H27ClFNO4. The lowest BCUT2D eigenvalue weighted by Crippen LogP contribution is -2.39. The van der Waals surface area contributed by atoms with Crippen LogP contribution in [0.2, 0.25) is 5.02 Å². The summed E-state index contributed by atoms with van der Waals surface area (Å²) in [5, 5.41) is 11.7. The molecule has 0 aliphatic carbocycles. The minimum Gasteiger partial charge on any atom is -0.491 e. The number of carbonyl (C=O) groups excluding carboxylic acids is 1. The standard InChI is InChI=1S/C23H27ClFNO4/c1-16-11-20(12-17(2)22(16)24)30-15-23(28)7-4-9-26(10-8-23)21(27)14-29-19-6-3-5-18(25)13-19/h3,5-6,11-13,28H,4,7-10,14-15H2,1-2H3. The Morgan fingerprint density at radius 2 is 1.87 bits per heavy atom. The minimum absolute atomic E-state index is 0.148. The average Bonchev–Trinajstić information content (AvgIpc) is 2.91. The molecule has 0 radical (unpaired) electrons. The van der Waals surface area contributed by atoms with Gasteiger partial charge in [-0.25, -0.2) is 4.39 Å². The second-order valence-corrected chi connectivity index (χ2v) is 8.24. The van der Waals surface area contributed by atoms with Crippen molar-refractivity contribution in [1.29, 1.82) is 0 Å². The Balaban J connectivity index is 1.52. The maximum Gasteiger partial charge on any atom is 0.260 e. The number of ether oxygens (including phenoxy) is 2. The Labute approximate surface area is 181 Å². The van der Waals surface area contributed by atoms with Gasteiger partial charge in [-0.05, 0) is 68.5 Å². The molecule has 1 N–H and O–H groups in total. The topological polar surface area (TPSA) is 59.0 Å². The fourth-order valence-electron chi connectivity index (χ4n) is 3.57. The second kappa shape index (κ2) is 9.67. The molecule has 1 fully saturated rings. The van der Waals surface area contributed by atoms with Crippen LogP contribution in [0.3, 0.4) is 0 Å². The number of likely N-dealkylation sites (tertiary alicyclic amines) is 1. The molecule has 7 heteroatoms. The highest BCUT2D eigenvalue weighted by atomic mass is 35.5. The van der Waals surface area contributed by atoms with Crippen molar-refractivity contribution in [2.24, 2.45) is 0 Å². The Kier molecular flexibility index (Phi) is 7.21. The number of benzene rings is 2. The van der Waals surface area contributed by atoms with Crippen LogP contribution in [0.1, 0.15) is 30.4 Å². The van der Waals surface area contributed by atoms with Crippen LogP contribution in [0.25, 0.3) is 0 Å². The van der Waals surface area contributed by atoms with Crippen LogP contribution in [0.4, 0.5) is 4.39 Å². The van der Waals surface area contributed by atoms with E-state index >= 15 is 0 Å². The van der Waals surface area contributed by atoms with E-state index < -0.39 is 11.4 Å². The molecule has 1 saturated heterocycles. The van der Waals surface area contributed by atoms with Gasteiger partial charge >= 0.3 is 0 Å². The Bertz CT molecular complexity index is 884. The third kappa shape index (κ3) is 5.86. The van der Waals surface area contributed by atoms with Crippen molar-refractivity contribution in [3.63, 3.8) is 0 Å². The first kappa shape index (κ1) is 22.4. The number of rotatable bonds is 6. The van der Waals surface area contributed by atoms with E-state index in [0.29, 0.717) is 48.9 Å². The van der Waals surface area contributed by atoms with Crippen LogP contribution in [-0.2, 0) is 4.79 Å². The SMILES string of the molecule is Cc1cc(OCC2(O)CCCN(C(=O)COc3cccc(F)c3)CC2)cc(C)c1Cl. The van der Waals surface area contributed by atoms with Gasteiger partial charge in [0.25, 0.3) is 5.91 Å². The van der Waals surface area contributed by atoms with Gasteiger partial charge in [0.2, 0.25) is 0 Å². The van der Waals surface area contributed by atoms with Gasteiger partial charge in [0.1, 0.15) is 29.5 Å². The Morgan fingerprint density at radius 3 is 2.57 bits per heavy atom. The zero-order valence-corrected chi connectivity index (χ0v) is 18.0. The lowest BCUT2D eigenvalue weighted by molar-refractivity contribution is -0.133. The largest absolute Gasteiger partial charge is 0.491 e. The molecule has 1 atom stereocenters. The Morgan fingerprint density at radius 1 is 1.13 bits per heavy atom. The van der Waals surface area contributed by atoms with Crippen molar-refractivity contribution in [3.05, 3.63) is 58.4 Å². The summed E-state index contributed by atoms with van der Waals surface area (Å²) < 4.78 is 24.5. The van der Waals surface area contributed by atoms with Gasteiger partial charge < -0.3 is 19.5 Å². The molecule has 0 bridgehead atoms. The molecule has 1 heterocycles. The molecule has 1 aliphatic rings. The first-order chi connectivity index (χ1) is 14.3. The summed E-state index contributed by atoms with van der Waals surface area (Å²) in [7, 11) is 0. The predicted molar refractivity (Wildman–Crippen MR) is 114 cm³/mol. The van der Waals surface area contributed by atoms with Gasteiger partial charge in [0, 0.05) is 24.2 Å². The Hall–Kier alpha value is -2.31. The van der Waals surface area contributed by atoms with Crippen molar-refractivity contribution in [3.8, 4) is 11.5 Å². The first-order valence-electron chi connectivity index (χ1n) is 10.0. The van der Waals surface area contributed by atoms with Crippen molar-refractivity contribution < 1.29 is 23.8 Å². The van der Waals surface area contributed by atoms with E-state index in [-0.39, 0.29) is 19.1 Å². The molecular weight excluding hydrogens is 409 g/mol. The molecule has 2 aromatic rings. The molecule has 0 saturated carbocycles. The molecule has 0 spiro atoms. The van der Waals surface area contributed by atoms with Gasteiger partial charge in [-0.1, -0.05) is 17.7 Å². The number of halogens is 2. The van der Waals surface area contributed by atoms with E-state index in [4.69, 9.17) is 21.1 Å². The minimum atomic E-state index is -1.01.